The van der Waals surface area contributed by atoms with Gasteiger partial charge in [-0.1, -0.05) is 0 Å². The lowest BCUT2D eigenvalue weighted by atomic mass is 10.2. The Balaban J connectivity index is 1.72. The van der Waals surface area contributed by atoms with Crippen molar-refractivity contribution in [2.75, 3.05) is 5.73 Å². The van der Waals surface area contributed by atoms with E-state index in [-0.39, 0.29) is 23.2 Å². The Labute approximate surface area is 149 Å². The molecule has 0 amide bonds. The van der Waals surface area contributed by atoms with Gasteiger partial charge in [-0.15, -0.1) is 11.3 Å². The molecule has 2 N–H and O–H groups in total. The van der Waals surface area contributed by atoms with Crippen molar-refractivity contribution >= 4 is 27.4 Å². The van der Waals surface area contributed by atoms with Crippen molar-refractivity contribution in [2.45, 2.75) is 12.8 Å². The van der Waals surface area contributed by atoms with Crippen LogP contribution in [-0.2, 0) is 6.42 Å². The van der Waals surface area contributed by atoms with Crippen molar-refractivity contribution in [2.24, 2.45) is 0 Å². The van der Waals surface area contributed by atoms with Crippen molar-refractivity contribution < 1.29 is 17.6 Å². The van der Waals surface area contributed by atoms with Crippen LogP contribution >= 0.6 is 11.3 Å². The fourth-order valence-electron chi connectivity index (χ4n) is 2.49. The zero-order chi connectivity index (χ0) is 18.3. The van der Waals surface area contributed by atoms with E-state index in [0.29, 0.717) is 22.3 Å². The molecule has 0 atom stereocenters. The molecule has 4 rings (SSSR count). The van der Waals surface area contributed by atoms with Crippen LogP contribution < -0.4 is 5.73 Å². The average Bonchev–Trinajstić information content (AvgIpc) is 3.24. The second-order valence-corrected chi connectivity index (χ2v) is 6.59. The third kappa shape index (κ3) is 3.01. The molecule has 0 radical (unpaired) electrons. The summed E-state index contributed by atoms with van der Waals surface area (Å²) >= 11 is 1.31. The monoisotopic (exact) mass is 376 g/mol. The van der Waals surface area contributed by atoms with E-state index in [4.69, 9.17) is 10.2 Å². The van der Waals surface area contributed by atoms with Gasteiger partial charge < -0.3 is 10.2 Å². The number of fused-ring (bicyclic) bond motifs is 1. The second-order valence-electron chi connectivity index (χ2n) is 5.48. The zero-order valence-corrected chi connectivity index (χ0v) is 13.9. The number of halogens is 3. The molecular formula is C17H11F3N4OS. The highest BCUT2D eigenvalue weighted by Gasteiger charge is 2.17. The van der Waals surface area contributed by atoms with Gasteiger partial charge in [0.2, 0.25) is 0 Å². The predicted molar refractivity (Wildman–Crippen MR) is 91.5 cm³/mol. The van der Waals surface area contributed by atoms with Crippen LogP contribution in [-0.4, -0.2) is 15.0 Å². The molecule has 0 saturated carbocycles. The Morgan fingerprint density at radius 2 is 2.04 bits per heavy atom. The third-order valence-corrected chi connectivity index (χ3v) is 4.74. The van der Waals surface area contributed by atoms with Gasteiger partial charge in [0.1, 0.15) is 16.5 Å². The molecule has 4 heterocycles. The summed E-state index contributed by atoms with van der Waals surface area (Å²) in [5.74, 6) is -0.414. The maximum Gasteiger partial charge on any atom is 0.295 e. The van der Waals surface area contributed by atoms with Gasteiger partial charge in [0.25, 0.3) is 6.43 Å². The predicted octanol–water partition coefficient (Wildman–Crippen LogP) is 4.60. The number of anilines is 1. The van der Waals surface area contributed by atoms with E-state index in [1.807, 2.05) is 0 Å². The van der Waals surface area contributed by atoms with E-state index >= 15 is 0 Å². The van der Waals surface area contributed by atoms with Gasteiger partial charge in [-0.05, 0) is 30.3 Å². The summed E-state index contributed by atoms with van der Waals surface area (Å²) in [6, 6.07) is 7.20. The number of rotatable bonds is 4. The molecule has 5 nitrogen and oxygen atoms in total. The Hall–Kier alpha value is -2.94. The van der Waals surface area contributed by atoms with Gasteiger partial charge in [-0.3, -0.25) is 4.98 Å². The highest BCUT2D eigenvalue weighted by Crippen LogP contribution is 2.32. The first-order chi connectivity index (χ1) is 12.5. The summed E-state index contributed by atoms with van der Waals surface area (Å²) in [6.45, 7) is 0. The Bertz CT molecular complexity index is 1090. The van der Waals surface area contributed by atoms with Crippen LogP contribution in [0.15, 0.2) is 40.9 Å². The second kappa shape index (κ2) is 6.41. The lowest BCUT2D eigenvalue weighted by molar-refractivity contribution is 0.122. The van der Waals surface area contributed by atoms with E-state index in [9.17, 15) is 13.2 Å². The molecule has 132 valence electrons. The molecule has 0 aliphatic rings. The average molecular weight is 376 g/mol. The maximum atomic E-state index is 13.8. The first-order valence-corrected chi connectivity index (χ1v) is 8.36. The first kappa shape index (κ1) is 16.5. The number of hydrogen-bond acceptors (Lipinski definition) is 6. The topological polar surface area (TPSA) is 77.8 Å². The Morgan fingerprint density at radius 3 is 2.77 bits per heavy atom. The third-order valence-electron chi connectivity index (χ3n) is 3.71. The molecule has 0 spiro atoms. The van der Waals surface area contributed by atoms with Gasteiger partial charge in [-0.25, -0.2) is 23.1 Å². The van der Waals surface area contributed by atoms with E-state index in [1.165, 1.54) is 41.8 Å². The van der Waals surface area contributed by atoms with Crippen molar-refractivity contribution in [3.8, 4) is 11.6 Å². The molecule has 0 unspecified atom stereocenters. The van der Waals surface area contributed by atoms with Crippen LogP contribution in [0.4, 0.5) is 19.0 Å². The molecule has 0 aliphatic carbocycles. The van der Waals surface area contributed by atoms with Crippen LogP contribution in [0.3, 0.4) is 0 Å². The molecule has 0 aromatic carbocycles. The number of thiophene rings is 1. The number of furan rings is 1. The number of aromatic nitrogens is 3. The van der Waals surface area contributed by atoms with Gasteiger partial charge in [-0.2, -0.15) is 0 Å². The summed E-state index contributed by atoms with van der Waals surface area (Å²) in [4.78, 5) is 13.9. The maximum absolute atomic E-state index is 13.8. The summed E-state index contributed by atoms with van der Waals surface area (Å²) in [6.07, 6.45) is -0.903. The molecule has 4 aromatic rings. The SMILES string of the molecule is Nc1nc(-c2ccc(C(F)F)o2)nc2sc(Cc3ncccc3F)cc12. The minimum absolute atomic E-state index is 0.111. The Morgan fingerprint density at radius 1 is 1.19 bits per heavy atom. The van der Waals surface area contributed by atoms with Crippen LogP contribution in [0, 0.1) is 5.82 Å². The largest absolute Gasteiger partial charge is 0.452 e. The highest BCUT2D eigenvalue weighted by atomic mass is 32.1. The number of nitrogen functional groups attached to an aromatic ring is 1. The van der Waals surface area contributed by atoms with E-state index in [1.54, 1.807) is 6.07 Å². The normalized spacial score (nSPS) is 11.5. The quantitative estimate of drug-likeness (QED) is 0.563. The van der Waals surface area contributed by atoms with Crippen molar-refractivity contribution in [3.63, 3.8) is 0 Å². The van der Waals surface area contributed by atoms with Crippen LogP contribution in [0.1, 0.15) is 22.8 Å². The van der Waals surface area contributed by atoms with E-state index in [0.717, 1.165) is 4.88 Å². The molecule has 4 aromatic heterocycles. The molecule has 9 heteroatoms. The number of nitrogens with zero attached hydrogens (tertiary/aromatic N) is 3. The summed E-state index contributed by atoms with van der Waals surface area (Å²) in [7, 11) is 0. The van der Waals surface area contributed by atoms with Crippen molar-refractivity contribution in [1.29, 1.82) is 0 Å². The summed E-state index contributed by atoms with van der Waals surface area (Å²) < 4.78 is 44.2. The minimum atomic E-state index is -2.72. The smallest absolute Gasteiger partial charge is 0.295 e. The van der Waals surface area contributed by atoms with Crippen LogP contribution in [0.2, 0.25) is 0 Å². The molecule has 26 heavy (non-hydrogen) atoms. The van der Waals surface area contributed by atoms with Crippen molar-refractivity contribution in [3.05, 3.63) is 58.7 Å². The van der Waals surface area contributed by atoms with Gasteiger partial charge in [0, 0.05) is 17.5 Å². The standard InChI is InChI=1S/C17H11F3N4OS/c18-10-2-1-5-22-11(10)7-8-6-9-15(21)23-16(24-17(9)26-8)13-4-3-12(25-13)14(19)20/h1-6,14H,7H2,(H2,21,23,24). The molecule has 0 saturated heterocycles. The number of alkyl halides is 2. The number of nitrogens with two attached hydrogens (primary N) is 1. The van der Waals surface area contributed by atoms with E-state index < -0.39 is 12.2 Å². The summed E-state index contributed by atoms with van der Waals surface area (Å²) in [5, 5.41) is 0.616. The number of pyridine rings is 1. The van der Waals surface area contributed by atoms with Gasteiger partial charge in [0.15, 0.2) is 17.3 Å². The van der Waals surface area contributed by atoms with Crippen LogP contribution in [0.5, 0.6) is 0 Å². The van der Waals surface area contributed by atoms with Gasteiger partial charge in [0.05, 0.1) is 11.1 Å². The molecule has 0 fully saturated rings. The molecule has 0 bridgehead atoms. The highest BCUT2D eigenvalue weighted by molar-refractivity contribution is 7.18. The fraction of sp³-hybridized carbons (Fsp3) is 0.118. The lowest BCUT2D eigenvalue weighted by Gasteiger charge is -1.99. The van der Waals surface area contributed by atoms with Crippen LogP contribution in [0.25, 0.3) is 21.8 Å². The lowest BCUT2D eigenvalue weighted by Crippen LogP contribution is -1.95. The number of hydrogen-bond donors (Lipinski definition) is 1. The van der Waals surface area contributed by atoms with E-state index in [2.05, 4.69) is 15.0 Å². The minimum Gasteiger partial charge on any atom is -0.452 e. The van der Waals surface area contributed by atoms with Gasteiger partial charge >= 0.3 is 0 Å². The van der Waals surface area contributed by atoms with Crippen molar-refractivity contribution in [1.82, 2.24) is 15.0 Å². The fourth-order valence-corrected chi connectivity index (χ4v) is 3.53. The zero-order valence-electron chi connectivity index (χ0n) is 13.1. The molecular weight excluding hydrogens is 365 g/mol. The Kier molecular flexibility index (Phi) is 4.08. The molecule has 0 aliphatic heterocycles. The first-order valence-electron chi connectivity index (χ1n) is 7.55. The summed E-state index contributed by atoms with van der Waals surface area (Å²) in [5.41, 5.74) is 6.29.